The summed E-state index contributed by atoms with van der Waals surface area (Å²) in [5.74, 6) is 0.871. The molecular weight excluding hydrogens is 200 g/mol. The Morgan fingerprint density at radius 3 is 2.88 bits per heavy atom. The van der Waals surface area contributed by atoms with Crippen LogP contribution in [0.4, 0.5) is 0 Å². The van der Waals surface area contributed by atoms with E-state index in [4.69, 9.17) is 5.73 Å². The van der Waals surface area contributed by atoms with Gasteiger partial charge in [-0.15, -0.1) is 0 Å². The Morgan fingerprint density at radius 2 is 2.19 bits per heavy atom. The van der Waals surface area contributed by atoms with Crippen LogP contribution in [0.5, 0.6) is 0 Å². The second-order valence-electron chi connectivity index (χ2n) is 4.02. The van der Waals surface area contributed by atoms with Crippen molar-refractivity contribution in [3.8, 4) is 0 Å². The predicted octanol–water partition coefficient (Wildman–Crippen LogP) is 0.486. The van der Waals surface area contributed by atoms with Crippen molar-refractivity contribution in [2.24, 2.45) is 5.73 Å². The number of allylic oxidation sites excluding steroid dienone is 2. The largest absolute Gasteiger partial charge is 0.443 e. The fourth-order valence-electron chi connectivity index (χ4n) is 1.62. The molecule has 0 aromatic heterocycles. The first-order valence-corrected chi connectivity index (χ1v) is 6.09. The van der Waals surface area contributed by atoms with Gasteiger partial charge >= 0.3 is 5.96 Å². The van der Waals surface area contributed by atoms with Gasteiger partial charge in [0.15, 0.2) is 6.21 Å². The molecule has 0 unspecified atom stereocenters. The molecule has 1 heterocycles. The van der Waals surface area contributed by atoms with Crippen LogP contribution >= 0.6 is 0 Å². The van der Waals surface area contributed by atoms with Crippen molar-refractivity contribution in [1.82, 2.24) is 15.3 Å². The smallest absolute Gasteiger partial charge is 0.330 e. The minimum Gasteiger partial charge on any atom is -0.330 e. The highest BCUT2D eigenvalue weighted by Crippen LogP contribution is 2.03. The van der Waals surface area contributed by atoms with Crippen LogP contribution in [0, 0.1) is 0 Å². The Kier molecular flexibility index (Phi) is 5.68. The van der Waals surface area contributed by atoms with Gasteiger partial charge in [-0.1, -0.05) is 6.92 Å². The summed E-state index contributed by atoms with van der Waals surface area (Å²) in [6.45, 7) is 5.96. The molecule has 0 radical (unpaired) electrons. The monoisotopic (exact) mass is 223 g/mol. The average molecular weight is 223 g/mol. The highest BCUT2D eigenvalue weighted by Gasteiger charge is 2.15. The first-order valence-electron chi connectivity index (χ1n) is 6.09. The lowest BCUT2D eigenvalue weighted by Crippen LogP contribution is -2.41. The Balaban J connectivity index is 2.28. The van der Waals surface area contributed by atoms with E-state index in [1.54, 1.807) is 0 Å². The number of guanidine groups is 1. The fourth-order valence-corrected chi connectivity index (χ4v) is 1.62. The van der Waals surface area contributed by atoms with Gasteiger partial charge in [0.1, 0.15) is 0 Å². The van der Waals surface area contributed by atoms with E-state index in [-0.39, 0.29) is 0 Å². The first kappa shape index (κ1) is 12.8. The molecule has 0 saturated heterocycles. The molecule has 0 saturated carbocycles. The summed E-state index contributed by atoms with van der Waals surface area (Å²) >= 11 is 0. The molecule has 0 aliphatic carbocycles. The van der Waals surface area contributed by atoms with Crippen LogP contribution in [0.1, 0.15) is 39.5 Å². The van der Waals surface area contributed by atoms with Gasteiger partial charge in [0.25, 0.3) is 0 Å². The maximum Gasteiger partial charge on any atom is 0.443 e. The number of hydrogen-bond donors (Lipinski definition) is 3. The van der Waals surface area contributed by atoms with Crippen LogP contribution in [0.15, 0.2) is 11.3 Å². The van der Waals surface area contributed by atoms with Gasteiger partial charge in [0.05, 0.1) is 12.2 Å². The van der Waals surface area contributed by atoms with E-state index in [9.17, 15) is 0 Å². The fraction of sp³-hybridized carbons (Fsp3) is 0.667. The number of nitrogens with one attached hydrogen (secondary N) is 2. The van der Waals surface area contributed by atoms with Gasteiger partial charge in [0.2, 0.25) is 0 Å². The van der Waals surface area contributed by atoms with Crippen molar-refractivity contribution in [3.63, 3.8) is 0 Å². The maximum atomic E-state index is 5.44. The number of unbranched alkanes of at least 4 members (excludes halogenated alkanes) is 2. The summed E-state index contributed by atoms with van der Waals surface area (Å²) in [7, 11) is 0. The standard InChI is InChI=1S/C12H22N4/c1-3-11-10(2)9-15-12(16-11)14-8-6-4-5-7-13/h9H,3-8,13H2,1-2H3,(H,14,15,16)/p+1. The average Bonchev–Trinajstić information content (AvgIpc) is 2.31. The van der Waals surface area contributed by atoms with E-state index in [0.29, 0.717) is 0 Å². The molecule has 0 atom stereocenters. The molecular formula is C12H23N4+. The van der Waals surface area contributed by atoms with Crippen LogP contribution in [0.2, 0.25) is 0 Å². The van der Waals surface area contributed by atoms with Crippen LogP contribution in [0.25, 0.3) is 0 Å². The molecule has 0 bridgehead atoms. The minimum absolute atomic E-state index is 0.787. The first-order chi connectivity index (χ1) is 7.77. The molecule has 16 heavy (non-hydrogen) atoms. The summed E-state index contributed by atoms with van der Waals surface area (Å²) < 4.78 is 4.31. The van der Waals surface area contributed by atoms with E-state index in [1.807, 2.05) is 6.21 Å². The van der Waals surface area contributed by atoms with E-state index in [2.05, 4.69) is 29.1 Å². The van der Waals surface area contributed by atoms with Crippen molar-refractivity contribution < 1.29 is 0 Å². The normalized spacial score (nSPS) is 14.8. The molecule has 4 heteroatoms. The van der Waals surface area contributed by atoms with Gasteiger partial charge in [-0.3, -0.25) is 5.32 Å². The van der Waals surface area contributed by atoms with Crippen LogP contribution < -0.4 is 21.0 Å². The minimum atomic E-state index is 0.787. The zero-order valence-corrected chi connectivity index (χ0v) is 10.3. The maximum absolute atomic E-state index is 5.44. The third kappa shape index (κ3) is 4.09. The highest BCUT2D eigenvalue weighted by molar-refractivity contribution is 5.91. The SMILES string of the molecule is CCC1=C(C)C=[N+]=C(NCCCCCN)N1. The van der Waals surface area contributed by atoms with Crippen molar-refractivity contribution in [2.45, 2.75) is 39.5 Å². The van der Waals surface area contributed by atoms with Gasteiger partial charge in [-0.2, -0.15) is 0 Å². The Hall–Kier alpha value is -1.25. The predicted molar refractivity (Wildman–Crippen MR) is 70.2 cm³/mol. The third-order valence-corrected chi connectivity index (χ3v) is 2.66. The summed E-state index contributed by atoms with van der Waals surface area (Å²) in [5.41, 5.74) is 7.91. The molecule has 0 amide bonds. The molecule has 0 aromatic carbocycles. The van der Waals surface area contributed by atoms with Gasteiger partial charge < -0.3 is 5.73 Å². The highest BCUT2D eigenvalue weighted by atomic mass is 15.2. The molecule has 0 fully saturated rings. The summed E-state index contributed by atoms with van der Waals surface area (Å²) in [6, 6.07) is 0. The van der Waals surface area contributed by atoms with Gasteiger partial charge in [-0.25, -0.2) is 9.98 Å². The van der Waals surface area contributed by atoms with Crippen LogP contribution in [-0.2, 0) is 0 Å². The van der Waals surface area contributed by atoms with Crippen molar-refractivity contribution in [1.29, 1.82) is 0 Å². The van der Waals surface area contributed by atoms with E-state index in [0.717, 1.165) is 38.3 Å². The van der Waals surface area contributed by atoms with E-state index < -0.39 is 0 Å². The third-order valence-electron chi connectivity index (χ3n) is 2.66. The zero-order chi connectivity index (χ0) is 11.8. The van der Waals surface area contributed by atoms with E-state index >= 15 is 0 Å². The summed E-state index contributed by atoms with van der Waals surface area (Å²) in [6.07, 6.45) is 6.35. The Labute approximate surface area is 97.7 Å². The molecule has 4 N–H and O–H groups in total. The summed E-state index contributed by atoms with van der Waals surface area (Å²) in [5, 5.41) is 6.60. The molecule has 90 valence electrons. The number of rotatable bonds is 6. The molecule has 1 aliphatic heterocycles. The molecule has 0 spiro atoms. The van der Waals surface area contributed by atoms with Crippen LogP contribution in [-0.4, -0.2) is 25.3 Å². The Bertz CT molecular complexity index is 311. The lowest BCUT2D eigenvalue weighted by atomic mass is 10.2. The summed E-state index contributed by atoms with van der Waals surface area (Å²) in [4.78, 5) is 0. The van der Waals surface area contributed by atoms with Gasteiger partial charge in [0, 0.05) is 5.57 Å². The number of nitrogens with two attached hydrogens (primary N) is 1. The lowest BCUT2D eigenvalue weighted by molar-refractivity contribution is 0.665. The van der Waals surface area contributed by atoms with Crippen molar-refractivity contribution >= 4 is 12.2 Å². The number of hydrogen-bond acceptors (Lipinski definition) is 3. The second kappa shape index (κ2) is 7.09. The van der Waals surface area contributed by atoms with E-state index in [1.165, 1.54) is 17.7 Å². The molecule has 1 rings (SSSR count). The second-order valence-corrected chi connectivity index (χ2v) is 4.02. The Morgan fingerprint density at radius 1 is 1.38 bits per heavy atom. The molecule has 1 aliphatic rings. The van der Waals surface area contributed by atoms with Crippen molar-refractivity contribution in [3.05, 3.63) is 11.3 Å². The van der Waals surface area contributed by atoms with Crippen LogP contribution in [0.3, 0.4) is 0 Å². The molecule has 4 nitrogen and oxygen atoms in total. The topological polar surface area (TPSA) is 64.2 Å². The molecule has 0 aromatic rings. The van der Waals surface area contributed by atoms with Gasteiger partial charge in [-0.05, 0) is 39.2 Å². The van der Waals surface area contributed by atoms with Crippen molar-refractivity contribution in [2.75, 3.05) is 13.1 Å². The lowest BCUT2D eigenvalue weighted by Gasteiger charge is -2.08. The quantitative estimate of drug-likeness (QED) is 0.453. The zero-order valence-electron chi connectivity index (χ0n) is 10.3. The number of nitrogens with zero attached hydrogens (tertiary/aromatic N) is 1.